The van der Waals surface area contributed by atoms with Crippen LogP contribution in [-0.2, 0) is 0 Å². The van der Waals surface area contributed by atoms with Crippen LogP contribution >= 0.6 is 27.3 Å². The molecular weight excluding hydrogens is 353 g/mol. The van der Waals surface area contributed by atoms with Gasteiger partial charge in [0, 0.05) is 17.0 Å². The van der Waals surface area contributed by atoms with Gasteiger partial charge in [-0.3, -0.25) is 10.1 Å². The van der Waals surface area contributed by atoms with Crippen molar-refractivity contribution in [2.45, 2.75) is 13.0 Å². The number of rotatable bonds is 4. The van der Waals surface area contributed by atoms with Crippen LogP contribution in [0.4, 0.5) is 10.1 Å². The SMILES string of the molecule is C[C@@H](O)c1cc([N+](=O)[O-])c(Oc2cc(F)ccc2Br)s1. The van der Waals surface area contributed by atoms with Crippen LogP contribution < -0.4 is 4.74 Å². The molecule has 0 fully saturated rings. The Balaban J connectivity index is 2.42. The van der Waals surface area contributed by atoms with E-state index in [0.29, 0.717) is 9.35 Å². The van der Waals surface area contributed by atoms with E-state index in [9.17, 15) is 19.6 Å². The lowest BCUT2D eigenvalue weighted by Crippen LogP contribution is -1.90. The molecule has 1 aromatic carbocycles. The number of aliphatic hydroxyl groups is 1. The van der Waals surface area contributed by atoms with Gasteiger partial charge < -0.3 is 9.84 Å². The summed E-state index contributed by atoms with van der Waals surface area (Å²) >= 11 is 4.13. The topological polar surface area (TPSA) is 72.6 Å². The quantitative estimate of drug-likeness (QED) is 0.646. The second-order valence-electron chi connectivity index (χ2n) is 3.93. The second kappa shape index (κ2) is 5.86. The number of nitro groups is 1. The standard InChI is InChI=1S/C12H9BrFNO4S/c1-6(16)11-5-9(15(17)18)12(20-11)19-10-4-7(14)2-3-8(10)13/h2-6,16H,1H3/t6-/m1/s1. The third-order valence-electron chi connectivity index (χ3n) is 2.40. The highest BCUT2D eigenvalue weighted by atomic mass is 79.9. The van der Waals surface area contributed by atoms with Gasteiger partial charge in [-0.15, -0.1) is 0 Å². The average Bonchev–Trinajstić information content (AvgIpc) is 2.78. The Morgan fingerprint density at radius 3 is 2.80 bits per heavy atom. The maximum atomic E-state index is 13.2. The van der Waals surface area contributed by atoms with E-state index in [2.05, 4.69) is 15.9 Å². The molecule has 0 aliphatic carbocycles. The molecule has 8 heteroatoms. The monoisotopic (exact) mass is 361 g/mol. The van der Waals surface area contributed by atoms with Crippen LogP contribution in [0, 0.1) is 15.9 Å². The summed E-state index contributed by atoms with van der Waals surface area (Å²) in [5, 5.41) is 20.4. The third-order valence-corrected chi connectivity index (χ3v) is 4.23. The number of thiophene rings is 1. The van der Waals surface area contributed by atoms with Crippen molar-refractivity contribution in [3.63, 3.8) is 0 Å². The molecule has 0 unspecified atom stereocenters. The summed E-state index contributed by atoms with van der Waals surface area (Å²) < 4.78 is 19.0. The van der Waals surface area contributed by atoms with Gasteiger partial charge in [-0.25, -0.2) is 4.39 Å². The number of nitrogens with zero attached hydrogens (tertiary/aromatic N) is 1. The van der Waals surface area contributed by atoms with E-state index in [1.165, 1.54) is 25.1 Å². The van der Waals surface area contributed by atoms with E-state index in [0.717, 1.165) is 17.4 Å². The molecule has 0 saturated heterocycles. The first-order valence-electron chi connectivity index (χ1n) is 5.47. The highest BCUT2D eigenvalue weighted by Crippen LogP contribution is 2.43. The summed E-state index contributed by atoms with van der Waals surface area (Å²) in [6, 6.07) is 5.05. The molecular formula is C12H9BrFNO4S. The maximum Gasteiger partial charge on any atom is 0.323 e. The Labute approximate surface area is 125 Å². The van der Waals surface area contributed by atoms with Crippen molar-refractivity contribution in [3.8, 4) is 10.8 Å². The van der Waals surface area contributed by atoms with Crippen LogP contribution in [0.15, 0.2) is 28.7 Å². The largest absolute Gasteiger partial charge is 0.439 e. The van der Waals surface area contributed by atoms with Gasteiger partial charge in [0.15, 0.2) is 0 Å². The minimum atomic E-state index is -0.841. The lowest BCUT2D eigenvalue weighted by atomic mass is 10.3. The zero-order valence-corrected chi connectivity index (χ0v) is 12.6. The number of benzene rings is 1. The third kappa shape index (κ3) is 3.14. The highest BCUT2D eigenvalue weighted by molar-refractivity contribution is 9.10. The van der Waals surface area contributed by atoms with Crippen molar-refractivity contribution in [2.75, 3.05) is 0 Å². The van der Waals surface area contributed by atoms with Crippen LogP contribution in [0.3, 0.4) is 0 Å². The molecule has 1 aromatic heterocycles. The smallest absolute Gasteiger partial charge is 0.323 e. The predicted octanol–water partition coefficient (Wildman–Crippen LogP) is 4.40. The average molecular weight is 362 g/mol. The molecule has 5 nitrogen and oxygen atoms in total. The van der Waals surface area contributed by atoms with E-state index in [1.54, 1.807) is 0 Å². The Morgan fingerprint density at radius 1 is 1.50 bits per heavy atom. The fraction of sp³-hybridized carbons (Fsp3) is 0.167. The highest BCUT2D eigenvalue weighted by Gasteiger charge is 2.23. The Hall–Kier alpha value is -1.51. The zero-order valence-electron chi connectivity index (χ0n) is 10.2. The first kappa shape index (κ1) is 14.9. The summed E-state index contributed by atoms with van der Waals surface area (Å²) in [7, 11) is 0. The molecule has 0 radical (unpaired) electrons. The minimum absolute atomic E-state index is 0.00259. The molecule has 0 bridgehead atoms. The van der Waals surface area contributed by atoms with Crippen LogP contribution in [0.5, 0.6) is 10.8 Å². The molecule has 106 valence electrons. The number of ether oxygens (including phenoxy) is 1. The molecule has 0 amide bonds. The van der Waals surface area contributed by atoms with Crippen molar-refractivity contribution in [3.05, 3.63) is 49.5 Å². The molecule has 0 aliphatic heterocycles. The number of halogens is 2. The Bertz CT molecular complexity index is 659. The molecule has 0 spiro atoms. The second-order valence-corrected chi connectivity index (χ2v) is 5.83. The van der Waals surface area contributed by atoms with Crippen LogP contribution in [0.1, 0.15) is 17.9 Å². The van der Waals surface area contributed by atoms with E-state index in [1.807, 2.05) is 0 Å². The summed E-state index contributed by atoms with van der Waals surface area (Å²) in [4.78, 5) is 10.8. The molecule has 1 atom stereocenters. The van der Waals surface area contributed by atoms with Crippen LogP contribution in [0.25, 0.3) is 0 Å². The van der Waals surface area contributed by atoms with Crippen LogP contribution in [0.2, 0.25) is 0 Å². The number of hydrogen-bond donors (Lipinski definition) is 1. The van der Waals surface area contributed by atoms with Crippen molar-refractivity contribution < 1.29 is 19.2 Å². The maximum absolute atomic E-state index is 13.2. The van der Waals surface area contributed by atoms with Crippen LogP contribution in [-0.4, -0.2) is 10.0 Å². The van der Waals surface area contributed by atoms with Gasteiger partial charge >= 0.3 is 5.69 Å². The summed E-state index contributed by atoms with van der Waals surface area (Å²) in [6.45, 7) is 1.50. The lowest BCUT2D eigenvalue weighted by Gasteiger charge is -2.05. The normalized spacial score (nSPS) is 12.2. The molecule has 2 aromatic rings. The molecule has 0 saturated carbocycles. The Kier molecular flexibility index (Phi) is 4.36. The molecule has 20 heavy (non-hydrogen) atoms. The van der Waals surface area contributed by atoms with E-state index < -0.39 is 16.8 Å². The molecule has 0 aliphatic rings. The van der Waals surface area contributed by atoms with Crippen molar-refractivity contribution >= 4 is 33.0 Å². The van der Waals surface area contributed by atoms with Crippen molar-refractivity contribution in [1.29, 1.82) is 0 Å². The van der Waals surface area contributed by atoms with E-state index >= 15 is 0 Å². The van der Waals surface area contributed by atoms with Crippen molar-refractivity contribution in [2.24, 2.45) is 0 Å². The first-order chi connectivity index (χ1) is 9.38. The van der Waals surface area contributed by atoms with Gasteiger partial charge in [0.1, 0.15) is 11.6 Å². The fourth-order valence-corrected chi connectivity index (χ4v) is 2.70. The van der Waals surface area contributed by atoms with Gasteiger partial charge in [0.2, 0.25) is 0 Å². The van der Waals surface area contributed by atoms with Gasteiger partial charge in [0.25, 0.3) is 5.06 Å². The van der Waals surface area contributed by atoms with Gasteiger partial charge in [-0.05, 0) is 35.0 Å². The summed E-state index contributed by atoms with van der Waals surface area (Å²) in [6.07, 6.45) is -0.841. The van der Waals surface area contributed by atoms with Gasteiger partial charge in [0.05, 0.1) is 15.5 Å². The fourth-order valence-electron chi connectivity index (χ4n) is 1.44. The molecule has 1 N–H and O–H groups in total. The lowest BCUT2D eigenvalue weighted by molar-refractivity contribution is -0.385. The number of aliphatic hydroxyl groups excluding tert-OH is 1. The van der Waals surface area contributed by atoms with Crippen molar-refractivity contribution in [1.82, 2.24) is 0 Å². The van der Waals surface area contributed by atoms with E-state index in [-0.39, 0.29) is 16.5 Å². The predicted molar refractivity (Wildman–Crippen MR) is 75.8 cm³/mol. The van der Waals surface area contributed by atoms with Gasteiger partial charge in [-0.2, -0.15) is 0 Å². The number of hydrogen-bond acceptors (Lipinski definition) is 5. The summed E-state index contributed by atoms with van der Waals surface area (Å²) in [5.41, 5.74) is -0.262. The summed E-state index contributed by atoms with van der Waals surface area (Å²) in [5.74, 6) is -0.384. The van der Waals surface area contributed by atoms with Gasteiger partial charge in [-0.1, -0.05) is 11.3 Å². The zero-order chi connectivity index (χ0) is 14.9. The molecule has 2 rings (SSSR count). The van der Waals surface area contributed by atoms with E-state index in [4.69, 9.17) is 4.74 Å². The first-order valence-corrected chi connectivity index (χ1v) is 7.08. The Morgan fingerprint density at radius 2 is 2.20 bits per heavy atom. The minimum Gasteiger partial charge on any atom is -0.439 e. The molecule has 1 heterocycles.